The summed E-state index contributed by atoms with van der Waals surface area (Å²) in [5, 5.41) is 0. The van der Waals surface area contributed by atoms with E-state index in [4.69, 9.17) is 4.74 Å². The smallest absolute Gasteiger partial charge is 0.179 e. The van der Waals surface area contributed by atoms with E-state index in [0.717, 1.165) is 18.7 Å². The van der Waals surface area contributed by atoms with Crippen molar-refractivity contribution in [1.82, 2.24) is 4.48 Å². The molecule has 168 valence electrons. The highest BCUT2D eigenvalue weighted by Gasteiger charge is 2.52. The SMILES string of the molecule is CCC(c1ccccc1)(c1cccc(C)c1)[N+](C)(Cc1ccccc1)c1ccccc1OC. The lowest BCUT2D eigenvalue weighted by atomic mass is 9.75. The molecule has 0 N–H and O–H groups in total. The topological polar surface area (TPSA) is 9.23 Å². The maximum absolute atomic E-state index is 5.95. The van der Waals surface area contributed by atoms with Crippen molar-refractivity contribution in [2.45, 2.75) is 32.4 Å². The molecule has 0 aliphatic carbocycles. The van der Waals surface area contributed by atoms with Gasteiger partial charge in [0.05, 0.1) is 14.2 Å². The predicted molar refractivity (Wildman–Crippen MR) is 140 cm³/mol. The molecule has 4 aromatic rings. The van der Waals surface area contributed by atoms with Gasteiger partial charge in [0.2, 0.25) is 0 Å². The van der Waals surface area contributed by atoms with Crippen molar-refractivity contribution in [2.24, 2.45) is 0 Å². The normalized spacial score (nSPS) is 14.8. The van der Waals surface area contributed by atoms with E-state index in [0.29, 0.717) is 4.48 Å². The van der Waals surface area contributed by atoms with E-state index in [1.165, 1.54) is 27.9 Å². The number of para-hydroxylation sites is 2. The lowest BCUT2D eigenvalue weighted by molar-refractivity contribution is 0.144. The van der Waals surface area contributed by atoms with Gasteiger partial charge in [-0.15, -0.1) is 0 Å². The van der Waals surface area contributed by atoms with Crippen LogP contribution >= 0.6 is 0 Å². The first-order valence-corrected chi connectivity index (χ1v) is 11.7. The minimum Gasteiger partial charge on any atom is -0.491 e. The Morgan fingerprint density at radius 3 is 1.97 bits per heavy atom. The molecule has 0 heterocycles. The Bertz CT molecular complexity index is 1190. The molecule has 0 aromatic heterocycles. The fourth-order valence-corrected chi connectivity index (χ4v) is 5.52. The Labute approximate surface area is 198 Å². The number of methoxy groups -OCH3 is 1. The Morgan fingerprint density at radius 1 is 0.727 bits per heavy atom. The van der Waals surface area contributed by atoms with E-state index in [1.54, 1.807) is 7.11 Å². The van der Waals surface area contributed by atoms with Crippen LogP contribution in [0.5, 0.6) is 5.75 Å². The van der Waals surface area contributed by atoms with Crippen LogP contribution in [0.25, 0.3) is 0 Å². The number of hydrogen-bond acceptors (Lipinski definition) is 1. The average Bonchev–Trinajstić information content (AvgIpc) is 2.86. The van der Waals surface area contributed by atoms with Gasteiger partial charge in [-0.2, -0.15) is 0 Å². The summed E-state index contributed by atoms with van der Waals surface area (Å²) in [5.41, 5.74) is 6.05. The number of rotatable bonds is 8. The van der Waals surface area contributed by atoms with Crippen molar-refractivity contribution in [3.05, 3.63) is 131 Å². The summed E-state index contributed by atoms with van der Waals surface area (Å²) >= 11 is 0. The largest absolute Gasteiger partial charge is 0.491 e. The molecular weight excluding hydrogens is 402 g/mol. The summed E-state index contributed by atoms with van der Waals surface area (Å²) in [5.74, 6) is 0.914. The molecule has 0 bridgehead atoms. The van der Waals surface area contributed by atoms with Gasteiger partial charge in [-0.3, -0.25) is 4.48 Å². The van der Waals surface area contributed by atoms with E-state index in [1.807, 2.05) is 0 Å². The molecule has 2 heteroatoms. The summed E-state index contributed by atoms with van der Waals surface area (Å²) in [6.07, 6.45) is 0.932. The Kier molecular flexibility index (Phi) is 6.67. The number of benzene rings is 4. The first kappa shape index (κ1) is 22.8. The molecule has 0 saturated carbocycles. The monoisotopic (exact) mass is 436 g/mol. The molecule has 2 atom stereocenters. The maximum Gasteiger partial charge on any atom is 0.179 e. The first-order chi connectivity index (χ1) is 16.0. The number of aryl methyl sites for hydroxylation is 1. The van der Waals surface area contributed by atoms with Gasteiger partial charge in [0.1, 0.15) is 6.54 Å². The number of quaternary nitrogens is 1. The second kappa shape index (κ2) is 9.64. The van der Waals surface area contributed by atoms with E-state index in [2.05, 4.69) is 130 Å². The molecule has 0 aliphatic rings. The predicted octanol–water partition coefficient (Wildman–Crippen LogP) is 7.49. The summed E-state index contributed by atoms with van der Waals surface area (Å²) < 4.78 is 6.61. The number of ether oxygens (including phenoxy) is 1. The van der Waals surface area contributed by atoms with Crippen LogP contribution in [0.3, 0.4) is 0 Å². The van der Waals surface area contributed by atoms with Crippen LogP contribution in [0.4, 0.5) is 5.69 Å². The van der Waals surface area contributed by atoms with Crippen LogP contribution in [0.2, 0.25) is 0 Å². The van der Waals surface area contributed by atoms with Crippen molar-refractivity contribution >= 4 is 5.69 Å². The summed E-state index contributed by atoms with van der Waals surface area (Å²) in [6.45, 7) is 5.32. The molecule has 0 spiro atoms. The lowest BCUT2D eigenvalue weighted by Gasteiger charge is -2.51. The second-order valence-corrected chi connectivity index (χ2v) is 8.96. The Morgan fingerprint density at radius 2 is 1.33 bits per heavy atom. The molecule has 0 aliphatic heterocycles. The zero-order valence-corrected chi connectivity index (χ0v) is 20.2. The van der Waals surface area contributed by atoms with Crippen molar-refractivity contribution in [3.8, 4) is 5.75 Å². The van der Waals surface area contributed by atoms with E-state index < -0.39 is 0 Å². The van der Waals surface area contributed by atoms with Crippen molar-refractivity contribution in [2.75, 3.05) is 14.2 Å². The van der Waals surface area contributed by atoms with Gasteiger partial charge in [-0.25, -0.2) is 0 Å². The molecule has 0 fully saturated rings. The van der Waals surface area contributed by atoms with Gasteiger partial charge >= 0.3 is 0 Å². The first-order valence-electron chi connectivity index (χ1n) is 11.7. The van der Waals surface area contributed by atoms with Gasteiger partial charge in [-0.1, -0.05) is 103 Å². The van der Waals surface area contributed by atoms with Crippen LogP contribution in [-0.4, -0.2) is 14.2 Å². The van der Waals surface area contributed by atoms with Crippen LogP contribution in [0.1, 0.15) is 35.6 Å². The minimum absolute atomic E-state index is 0.322. The van der Waals surface area contributed by atoms with Crippen molar-refractivity contribution in [1.29, 1.82) is 0 Å². The summed E-state index contributed by atoms with van der Waals surface area (Å²) in [6, 6.07) is 39.3. The van der Waals surface area contributed by atoms with E-state index in [-0.39, 0.29) is 5.54 Å². The van der Waals surface area contributed by atoms with Crippen molar-refractivity contribution in [3.63, 3.8) is 0 Å². The third-order valence-electron chi connectivity index (χ3n) is 7.06. The van der Waals surface area contributed by atoms with Gasteiger partial charge in [0.25, 0.3) is 0 Å². The third kappa shape index (κ3) is 4.07. The summed E-state index contributed by atoms with van der Waals surface area (Å²) in [4.78, 5) is 0. The van der Waals surface area contributed by atoms with Gasteiger partial charge in [0, 0.05) is 29.2 Å². The zero-order valence-electron chi connectivity index (χ0n) is 20.2. The highest BCUT2D eigenvalue weighted by Crippen LogP contribution is 2.50. The Balaban J connectivity index is 2.10. The lowest BCUT2D eigenvalue weighted by Crippen LogP contribution is -2.61. The molecule has 4 rings (SSSR count). The van der Waals surface area contributed by atoms with E-state index >= 15 is 0 Å². The van der Waals surface area contributed by atoms with Gasteiger partial charge in [0.15, 0.2) is 17.0 Å². The van der Waals surface area contributed by atoms with Gasteiger partial charge in [-0.05, 0) is 19.1 Å². The highest BCUT2D eigenvalue weighted by molar-refractivity contribution is 5.60. The third-order valence-corrected chi connectivity index (χ3v) is 7.06. The maximum atomic E-state index is 5.95. The zero-order chi connectivity index (χ0) is 23.3. The standard InChI is InChI=1S/C31H34NO/c1-5-31(27-18-10-7-11-19-27,28-20-14-15-25(2)23-28)32(3,24-26-16-8-6-9-17-26)29-21-12-13-22-30(29)33-4/h6-23H,5,24H2,1-4H3/q+1. The molecule has 0 amide bonds. The second-order valence-electron chi connectivity index (χ2n) is 8.96. The van der Waals surface area contributed by atoms with E-state index in [9.17, 15) is 0 Å². The minimum atomic E-state index is -0.322. The molecule has 33 heavy (non-hydrogen) atoms. The number of nitrogens with zero attached hydrogens (tertiary/aromatic N) is 1. The van der Waals surface area contributed by atoms with Crippen LogP contribution in [-0.2, 0) is 12.1 Å². The molecule has 4 aromatic carbocycles. The van der Waals surface area contributed by atoms with Crippen LogP contribution < -0.4 is 9.22 Å². The van der Waals surface area contributed by atoms with Gasteiger partial charge < -0.3 is 4.74 Å². The molecular formula is C31H34NO+. The molecule has 0 radical (unpaired) electrons. The van der Waals surface area contributed by atoms with Crippen LogP contribution in [0, 0.1) is 6.92 Å². The summed E-state index contributed by atoms with van der Waals surface area (Å²) in [7, 11) is 4.14. The molecule has 2 nitrogen and oxygen atoms in total. The molecule has 0 saturated heterocycles. The highest BCUT2D eigenvalue weighted by atomic mass is 16.5. The Hall–Kier alpha value is -3.36. The quantitative estimate of drug-likeness (QED) is 0.260. The van der Waals surface area contributed by atoms with Crippen molar-refractivity contribution < 1.29 is 4.74 Å². The fourth-order valence-electron chi connectivity index (χ4n) is 5.52. The van der Waals surface area contributed by atoms with Crippen LogP contribution in [0.15, 0.2) is 109 Å². The fraction of sp³-hybridized carbons (Fsp3) is 0.226. The molecule has 2 unspecified atom stereocenters. The average molecular weight is 437 g/mol. The number of hydrogen-bond donors (Lipinski definition) is 0.